The molecule has 2 aliphatic rings. The van der Waals surface area contributed by atoms with Crippen LogP contribution >= 0.6 is 0 Å². The number of amides is 3. The number of hydrogen-bond acceptors (Lipinski definition) is 3. The first-order chi connectivity index (χ1) is 10.9. The van der Waals surface area contributed by atoms with Crippen molar-refractivity contribution in [3.05, 3.63) is 29.8 Å². The lowest BCUT2D eigenvalue weighted by atomic mass is 9.78. The van der Waals surface area contributed by atoms with Gasteiger partial charge in [-0.3, -0.25) is 19.4 Å². The van der Waals surface area contributed by atoms with Crippen molar-refractivity contribution in [1.82, 2.24) is 4.90 Å². The third-order valence-electron chi connectivity index (χ3n) is 5.12. The second-order valence-electron chi connectivity index (χ2n) is 6.37. The standard InChI is InChI=1S/C17H20N2O4/c1-11(20)18(2)16(23)19-10-7-13(17(8-9-17)15(21)22)12-5-3-4-6-14(12)19/h3-6,13H,7-10H2,1-2H3,(H,21,22). The number of carbonyl (C=O) groups is 3. The lowest BCUT2D eigenvalue weighted by Crippen LogP contribution is -2.47. The number of carbonyl (C=O) groups excluding carboxylic acids is 2. The van der Waals surface area contributed by atoms with Crippen LogP contribution in [0.15, 0.2) is 24.3 Å². The molecule has 1 fully saturated rings. The number of benzene rings is 1. The summed E-state index contributed by atoms with van der Waals surface area (Å²) in [7, 11) is 1.46. The molecule has 1 aliphatic heterocycles. The van der Waals surface area contributed by atoms with Crippen LogP contribution < -0.4 is 4.90 Å². The van der Waals surface area contributed by atoms with Crippen molar-refractivity contribution in [2.45, 2.75) is 32.1 Å². The predicted octanol–water partition coefficient (Wildman–Crippen LogP) is 2.44. The molecule has 122 valence electrons. The molecule has 0 saturated heterocycles. The molecule has 1 aromatic carbocycles. The zero-order chi connectivity index (χ0) is 16.8. The van der Waals surface area contributed by atoms with Crippen molar-refractivity contribution >= 4 is 23.6 Å². The van der Waals surface area contributed by atoms with Crippen LogP contribution in [0.25, 0.3) is 0 Å². The average molecular weight is 316 g/mol. The third-order valence-corrected chi connectivity index (χ3v) is 5.12. The third kappa shape index (κ3) is 2.38. The molecule has 0 spiro atoms. The minimum Gasteiger partial charge on any atom is -0.481 e. The van der Waals surface area contributed by atoms with Gasteiger partial charge in [0, 0.05) is 32.1 Å². The number of aliphatic carboxylic acids is 1. The molecule has 6 nitrogen and oxygen atoms in total. The van der Waals surface area contributed by atoms with Crippen LogP contribution in [0.3, 0.4) is 0 Å². The molecule has 0 aromatic heterocycles. The molecule has 1 atom stereocenters. The van der Waals surface area contributed by atoms with Gasteiger partial charge in [-0.15, -0.1) is 0 Å². The van der Waals surface area contributed by atoms with Gasteiger partial charge >= 0.3 is 12.0 Å². The SMILES string of the molecule is CC(=O)N(C)C(=O)N1CCC(C2(C(=O)O)CC2)c2ccccc21. The van der Waals surface area contributed by atoms with Crippen molar-refractivity contribution in [3.63, 3.8) is 0 Å². The Labute approximate surface area is 134 Å². The molecule has 23 heavy (non-hydrogen) atoms. The highest BCUT2D eigenvalue weighted by Gasteiger charge is 2.57. The van der Waals surface area contributed by atoms with Crippen molar-refractivity contribution in [2.75, 3.05) is 18.5 Å². The van der Waals surface area contributed by atoms with E-state index >= 15 is 0 Å². The van der Waals surface area contributed by atoms with Gasteiger partial charge in [0.2, 0.25) is 5.91 Å². The largest absolute Gasteiger partial charge is 0.481 e. The van der Waals surface area contributed by atoms with E-state index in [0.717, 1.165) is 16.2 Å². The molecule has 1 aliphatic carbocycles. The van der Waals surface area contributed by atoms with Gasteiger partial charge in [-0.05, 0) is 30.9 Å². The van der Waals surface area contributed by atoms with Crippen molar-refractivity contribution < 1.29 is 19.5 Å². The number of para-hydroxylation sites is 1. The summed E-state index contributed by atoms with van der Waals surface area (Å²) in [6, 6.07) is 7.05. The molecule has 6 heteroatoms. The summed E-state index contributed by atoms with van der Waals surface area (Å²) in [5, 5.41) is 9.58. The molecule has 3 amide bonds. The maximum atomic E-state index is 12.5. The van der Waals surface area contributed by atoms with Crippen LogP contribution in [0, 0.1) is 5.41 Å². The molecular formula is C17H20N2O4. The quantitative estimate of drug-likeness (QED) is 0.909. The number of rotatable bonds is 2. The number of carboxylic acids is 1. The summed E-state index contributed by atoms with van der Waals surface area (Å²) in [4.78, 5) is 38.3. The number of urea groups is 1. The lowest BCUT2D eigenvalue weighted by molar-refractivity contribution is -0.144. The maximum absolute atomic E-state index is 12.5. The fourth-order valence-electron chi connectivity index (χ4n) is 3.50. The highest BCUT2D eigenvalue weighted by molar-refractivity contribution is 6.02. The summed E-state index contributed by atoms with van der Waals surface area (Å²) in [6.45, 7) is 1.77. The van der Waals surface area contributed by atoms with E-state index in [1.54, 1.807) is 4.90 Å². The molecule has 1 N–H and O–H groups in total. The summed E-state index contributed by atoms with van der Waals surface area (Å²) in [5.41, 5.74) is 0.927. The van der Waals surface area contributed by atoms with E-state index in [2.05, 4.69) is 0 Å². The van der Waals surface area contributed by atoms with Gasteiger partial charge in [-0.25, -0.2) is 4.79 Å². The number of imide groups is 1. The number of fused-ring (bicyclic) bond motifs is 1. The highest BCUT2D eigenvalue weighted by Crippen LogP contribution is 2.60. The van der Waals surface area contributed by atoms with Crippen LogP contribution in [0.2, 0.25) is 0 Å². The number of carboxylic acid groups (broad SMARTS) is 1. The normalized spacial score (nSPS) is 21.3. The molecule has 3 rings (SSSR count). The Hall–Kier alpha value is -2.37. The predicted molar refractivity (Wildman–Crippen MR) is 84.3 cm³/mol. The minimum absolute atomic E-state index is 0.0807. The number of hydrogen-bond donors (Lipinski definition) is 1. The molecule has 0 bridgehead atoms. The van der Waals surface area contributed by atoms with Gasteiger partial charge in [-0.1, -0.05) is 18.2 Å². The van der Waals surface area contributed by atoms with Gasteiger partial charge in [0.25, 0.3) is 0 Å². The van der Waals surface area contributed by atoms with Gasteiger partial charge in [0.15, 0.2) is 0 Å². The van der Waals surface area contributed by atoms with Crippen molar-refractivity contribution in [1.29, 1.82) is 0 Å². The lowest BCUT2D eigenvalue weighted by Gasteiger charge is -2.38. The van der Waals surface area contributed by atoms with Crippen LogP contribution in [0.4, 0.5) is 10.5 Å². The first kappa shape index (κ1) is 15.5. The van der Waals surface area contributed by atoms with E-state index in [-0.39, 0.29) is 17.9 Å². The van der Waals surface area contributed by atoms with Gasteiger partial charge in [-0.2, -0.15) is 0 Å². The average Bonchev–Trinajstić information content (AvgIpc) is 3.34. The number of nitrogens with zero attached hydrogens (tertiary/aromatic N) is 2. The number of anilines is 1. The molecule has 1 unspecified atom stereocenters. The zero-order valence-corrected chi connectivity index (χ0v) is 13.3. The Morgan fingerprint density at radius 1 is 1.26 bits per heavy atom. The Morgan fingerprint density at radius 2 is 1.91 bits per heavy atom. The second kappa shape index (κ2) is 5.37. The Kier molecular flexibility index (Phi) is 3.62. The van der Waals surface area contributed by atoms with E-state index in [4.69, 9.17) is 0 Å². The molecule has 1 saturated carbocycles. The topological polar surface area (TPSA) is 77.9 Å². The van der Waals surface area contributed by atoms with Gasteiger partial charge in [0.05, 0.1) is 5.41 Å². The van der Waals surface area contributed by atoms with Crippen LogP contribution in [0.5, 0.6) is 0 Å². The maximum Gasteiger partial charge on any atom is 0.330 e. The summed E-state index contributed by atoms with van der Waals surface area (Å²) in [6.07, 6.45) is 1.96. The molecular weight excluding hydrogens is 296 g/mol. The van der Waals surface area contributed by atoms with E-state index in [9.17, 15) is 19.5 Å². The highest BCUT2D eigenvalue weighted by atomic mass is 16.4. The first-order valence-electron chi connectivity index (χ1n) is 7.76. The second-order valence-corrected chi connectivity index (χ2v) is 6.37. The molecule has 0 radical (unpaired) electrons. The van der Waals surface area contributed by atoms with Gasteiger partial charge < -0.3 is 5.11 Å². The molecule has 1 aromatic rings. The zero-order valence-electron chi connectivity index (χ0n) is 13.3. The van der Waals surface area contributed by atoms with Crippen LogP contribution in [0.1, 0.15) is 37.7 Å². The van der Waals surface area contributed by atoms with E-state index in [1.165, 1.54) is 14.0 Å². The summed E-state index contributed by atoms with van der Waals surface area (Å²) >= 11 is 0. The first-order valence-corrected chi connectivity index (χ1v) is 7.76. The Bertz CT molecular complexity index is 681. The van der Waals surface area contributed by atoms with E-state index < -0.39 is 11.4 Å². The van der Waals surface area contributed by atoms with E-state index in [0.29, 0.717) is 25.8 Å². The fourth-order valence-corrected chi connectivity index (χ4v) is 3.50. The van der Waals surface area contributed by atoms with Crippen molar-refractivity contribution in [3.8, 4) is 0 Å². The van der Waals surface area contributed by atoms with Crippen LogP contribution in [-0.4, -0.2) is 41.5 Å². The smallest absolute Gasteiger partial charge is 0.330 e. The van der Waals surface area contributed by atoms with Crippen molar-refractivity contribution in [2.24, 2.45) is 5.41 Å². The van der Waals surface area contributed by atoms with Crippen LogP contribution in [-0.2, 0) is 9.59 Å². The molecule has 1 heterocycles. The van der Waals surface area contributed by atoms with E-state index in [1.807, 2.05) is 24.3 Å². The Morgan fingerprint density at radius 3 is 2.48 bits per heavy atom. The van der Waals surface area contributed by atoms with Gasteiger partial charge in [0.1, 0.15) is 0 Å². The summed E-state index contributed by atoms with van der Waals surface area (Å²) < 4.78 is 0. The summed E-state index contributed by atoms with van der Waals surface area (Å²) in [5.74, 6) is -1.15. The Balaban J connectivity index is 1.97. The monoisotopic (exact) mass is 316 g/mol. The fraction of sp³-hybridized carbons (Fsp3) is 0.471. The minimum atomic E-state index is -0.752.